The van der Waals surface area contributed by atoms with Gasteiger partial charge in [-0.2, -0.15) is 12.6 Å². The van der Waals surface area contributed by atoms with Gasteiger partial charge in [-0.05, 0) is 6.92 Å². The van der Waals surface area contributed by atoms with Gasteiger partial charge in [-0.1, -0.05) is 0 Å². The maximum absolute atomic E-state index is 10.8. The Hall–Kier alpha value is -0.510. The Bertz CT molecular complexity index is 136. The van der Waals surface area contributed by atoms with Crippen LogP contribution in [0.4, 0.5) is 4.79 Å². The van der Waals surface area contributed by atoms with Crippen LogP contribution in [-0.4, -0.2) is 36.5 Å². The third-order valence-corrected chi connectivity index (χ3v) is 1.20. The Morgan fingerprint density at radius 2 is 2.40 bits per heavy atom. The van der Waals surface area contributed by atoms with Crippen molar-refractivity contribution in [3.05, 3.63) is 0 Å². The molecule has 0 aromatic heterocycles. The summed E-state index contributed by atoms with van der Waals surface area (Å²) in [6.45, 7) is 2.35. The number of thiol groups is 1. The molecular formula is C6H12N2OS. The molecule has 10 heavy (non-hydrogen) atoms. The van der Waals surface area contributed by atoms with Crippen LogP contribution in [0.1, 0.15) is 6.92 Å². The topological polar surface area (TPSA) is 32.7 Å². The molecule has 0 unspecified atom stereocenters. The number of carbonyl (C=O) groups excluding carboxylic acids is 1. The molecule has 0 aliphatic heterocycles. The van der Waals surface area contributed by atoms with E-state index < -0.39 is 0 Å². The first kappa shape index (κ1) is 9.49. The third-order valence-electron chi connectivity index (χ3n) is 1.00. The summed E-state index contributed by atoms with van der Waals surface area (Å²) in [4.78, 5) is 15.9. The number of nitrogens with zero attached hydrogens (tertiary/aromatic N) is 2. The van der Waals surface area contributed by atoms with Gasteiger partial charge in [0.15, 0.2) is 0 Å². The van der Waals surface area contributed by atoms with E-state index in [9.17, 15) is 4.79 Å². The zero-order valence-electron chi connectivity index (χ0n) is 6.24. The molecule has 0 aromatic rings. The molecule has 2 amide bonds. The first-order chi connectivity index (χ1) is 4.72. The van der Waals surface area contributed by atoms with Crippen molar-refractivity contribution in [1.82, 2.24) is 4.90 Å². The first-order valence-electron chi connectivity index (χ1n) is 3.07. The molecule has 0 spiro atoms. The number of aliphatic imine (C=N–C) groups is 1. The molecule has 0 aliphatic rings. The van der Waals surface area contributed by atoms with Crippen LogP contribution in [0.15, 0.2) is 4.99 Å². The van der Waals surface area contributed by atoms with Crippen molar-refractivity contribution < 1.29 is 4.79 Å². The summed E-state index contributed by atoms with van der Waals surface area (Å²) in [7, 11) is 1.70. The molecule has 0 aliphatic carbocycles. The lowest BCUT2D eigenvalue weighted by molar-refractivity contribution is 0.221. The number of hydrogen-bond acceptors (Lipinski definition) is 2. The molecule has 0 saturated carbocycles. The highest BCUT2D eigenvalue weighted by molar-refractivity contribution is 7.80. The molecule has 0 heterocycles. The van der Waals surface area contributed by atoms with E-state index in [2.05, 4.69) is 17.6 Å². The monoisotopic (exact) mass is 160 g/mol. The van der Waals surface area contributed by atoms with E-state index in [1.807, 2.05) is 0 Å². The number of amides is 2. The van der Waals surface area contributed by atoms with Gasteiger partial charge in [-0.15, -0.1) is 0 Å². The minimum absolute atomic E-state index is 0.212. The molecule has 3 nitrogen and oxygen atoms in total. The van der Waals surface area contributed by atoms with Crippen LogP contribution in [0.25, 0.3) is 0 Å². The average Bonchev–Trinajstić information content (AvgIpc) is 1.89. The van der Waals surface area contributed by atoms with Crippen molar-refractivity contribution in [1.29, 1.82) is 0 Å². The van der Waals surface area contributed by atoms with Gasteiger partial charge in [0.2, 0.25) is 0 Å². The van der Waals surface area contributed by atoms with Crippen LogP contribution < -0.4 is 0 Å². The number of hydrogen-bond donors (Lipinski definition) is 1. The summed E-state index contributed by atoms with van der Waals surface area (Å²) >= 11 is 3.98. The smallest absolute Gasteiger partial charge is 0.325 e. The highest BCUT2D eigenvalue weighted by Crippen LogP contribution is 1.88. The van der Waals surface area contributed by atoms with E-state index in [1.165, 1.54) is 11.1 Å². The molecule has 0 radical (unpaired) electrons. The lowest BCUT2D eigenvalue weighted by Gasteiger charge is -2.10. The third kappa shape index (κ3) is 3.50. The van der Waals surface area contributed by atoms with Crippen LogP contribution in [0.3, 0.4) is 0 Å². The standard InChI is InChI=1S/C6H12N2OS/c1-3-7-6(9)8(2)4-5-10/h3,10H,4-5H2,1-2H3/b7-3+. The molecule has 0 aromatic carbocycles. The highest BCUT2D eigenvalue weighted by Gasteiger charge is 2.02. The van der Waals surface area contributed by atoms with Gasteiger partial charge in [-0.25, -0.2) is 9.79 Å². The molecule has 0 bridgehead atoms. The van der Waals surface area contributed by atoms with Gasteiger partial charge < -0.3 is 4.90 Å². The summed E-state index contributed by atoms with van der Waals surface area (Å²) in [5.74, 6) is 0.668. The van der Waals surface area contributed by atoms with Crippen LogP contribution in [-0.2, 0) is 0 Å². The van der Waals surface area contributed by atoms with Crippen LogP contribution in [0, 0.1) is 0 Å². The molecule has 4 heteroatoms. The van der Waals surface area contributed by atoms with E-state index >= 15 is 0 Å². The van der Waals surface area contributed by atoms with Gasteiger partial charge in [0.25, 0.3) is 0 Å². The maximum Gasteiger partial charge on any atom is 0.342 e. The summed E-state index contributed by atoms with van der Waals surface area (Å²) in [6.07, 6.45) is 1.48. The Labute approximate surface area is 66.5 Å². The van der Waals surface area contributed by atoms with E-state index in [0.29, 0.717) is 12.3 Å². The zero-order chi connectivity index (χ0) is 7.98. The first-order valence-corrected chi connectivity index (χ1v) is 3.70. The van der Waals surface area contributed by atoms with E-state index in [-0.39, 0.29) is 6.03 Å². The Kier molecular flexibility index (Phi) is 5.02. The summed E-state index contributed by atoms with van der Waals surface area (Å²) < 4.78 is 0. The van der Waals surface area contributed by atoms with Gasteiger partial charge in [-0.3, -0.25) is 0 Å². The molecule has 0 atom stereocenters. The zero-order valence-corrected chi connectivity index (χ0v) is 7.14. The van der Waals surface area contributed by atoms with Crippen molar-refractivity contribution >= 4 is 24.9 Å². The predicted octanol–water partition coefficient (Wildman–Crippen LogP) is 1.06. The van der Waals surface area contributed by atoms with Crippen molar-refractivity contribution in [3.8, 4) is 0 Å². The molecule has 0 rings (SSSR count). The van der Waals surface area contributed by atoms with Crippen LogP contribution in [0.5, 0.6) is 0 Å². The predicted molar refractivity (Wildman–Crippen MR) is 46.0 cm³/mol. The average molecular weight is 160 g/mol. The second-order valence-electron chi connectivity index (χ2n) is 1.82. The van der Waals surface area contributed by atoms with Crippen molar-refractivity contribution in [2.45, 2.75) is 6.92 Å². The van der Waals surface area contributed by atoms with Gasteiger partial charge in [0.05, 0.1) is 0 Å². The SMILES string of the molecule is C/C=N/C(=O)N(C)CCS. The Morgan fingerprint density at radius 1 is 1.80 bits per heavy atom. The Balaban J connectivity index is 3.70. The molecular weight excluding hydrogens is 148 g/mol. The van der Waals surface area contributed by atoms with E-state index in [1.54, 1.807) is 14.0 Å². The summed E-state index contributed by atoms with van der Waals surface area (Å²) in [5.41, 5.74) is 0. The Morgan fingerprint density at radius 3 is 2.80 bits per heavy atom. The normalized spacial score (nSPS) is 10.3. The maximum atomic E-state index is 10.8. The minimum Gasteiger partial charge on any atom is -0.325 e. The fourth-order valence-electron chi connectivity index (χ4n) is 0.455. The quantitative estimate of drug-likeness (QED) is 0.475. The fraction of sp³-hybridized carbons (Fsp3) is 0.667. The summed E-state index contributed by atoms with van der Waals surface area (Å²) in [5, 5.41) is 0. The lowest BCUT2D eigenvalue weighted by Crippen LogP contribution is -2.25. The largest absolute Gasteiger partial charge is 0.342 e. The molecule has 0 saturated heterocycles. The molecule has 58 valence electrons. The number of carbonyl (C=O) groups is 1. The van der Waals surface area contributed by atoms with Crippen LogP contribution in [0.2, 0.25) is 0 Å². The van der Waals surface area contributed by atoms with E-state index in [4.69, 9.17) is 0 Å². The second-order valence-corrected chi connectivity index (χ2v) is 2.26. The summed E-state index contributed by atoms with van der Waals surface area (Å²) in [6, 6.07) is -0.212. The van der Waals surface area contributed by atoms with Crippen molar-refractivity contribution in [2.24, 2.45) is 4.99 Å². The number of rotatable bonds is 2. The van der Waals surface area contributed by atoms with E-state index in [0.717, 1.165) is 0 Å². The highest BCUT2D eigenvalue weighted by atomic mass is 32.1. The van der Waals surface area contributed by atoms with Crippen LogP contribution >= 0.6 is 12.6 Å². The van der Waals surface area contributed by atoms with Gasteiger partial charge >= 0.3 is 6.03 Å². The van der Waals surface area contributed by atoms with Gasteiger partial charge in [0.1, 0.15) is 0 Å². The number of urea groups is 1. The molecule has 0 N–H and O–H groups in total. The lowest BCUT2D eigenvalue weighted by atomic mass is 10.6. The minimum atomic E-state index is -0.212. The van der Waals surface area contributed by atoms with Crippen molar-refractivity contribution in [2.75, 3.05) is 19.3 Å². The fourth-order valence-corrected chi connectivity index (χ4v) is 0.755. The van der Waals surface area contributed by atoms with Gasteiger partial charge in [0, 0.05) is 25.6 Å². The van der Waals surface area contributed by atoms with Crippen molar-refractivity contribution in [3.63, 3.8) is 0 Å². The molecule has 0 fully saturated rings. The second kappa shape index (κ2) is 5.29.